The Hall–Kier alpha value is -3.46. The van der Waals surface area contributed by atoms with Crippen LogP contribution in [0.5, 0.6) is 0 Å². The zero-order chi connectivity index (χ0) is 22.1. The average molecular weight is 425 g/mol. The van der Waals surface area contributed by atoms with E-state index in [1.807, 2.05) is 4.90 Å². The van der Waals surface area contributed by atoms with Gasteiger partial charge in [-0.1, -0.05) is 0 Å². The molecule has 8 nitrogen and oxygen atoms in total. The topological polar surface area (TPSA) is 106 Å². The standard InChI is InChI=1S/C22H24FN5O3/c1-12-18(10-16-15-9-14(23)3-4-17(15)27-21(16)30)26-13(2)20(12)22(31)25-6-8-28-7-5-24-19(29)11-28/h3-4,9-10,26H,5-8,11H2,1-2H3,(H,24,29)(H,25,31)(H,27,30). The normalized spacial score (nSPS) is 17.5. The molecule has 2 aliphatic rings. The summed E-state index contributed by atoms with van der Waals surface area (Å²) in [5.41, 5.74) is 3.92. The third-order valence-electron chi connectivity index (χ3n) is 5.59. The number of anilines is 1. The van der Waals surface area contributed by atoms with Crippen molar-refractivity contribution in [3.63, 3.8) is 0 Å². The third-order valence-corrected chi connectivity index (χ3v) is 5.59. The Balaban J connectivity index is 1.50. The third kappa shape index (κ3) is 4.22. The molecule has 1 aromatic carbocycles. The van der Waals surface area contributed by atoms with Gasteiger partial charge in [-0.15, -0.1) is 0 Å². The molecule has 0 spiro atoms. The molecule has 0 saturated carbocycles. The summed E-state index contributed by atoms with van der Waals surface area (Å²) in [6.45, 7) is 6.30. The maximum Gasteiger partial charge on any atom is 0.256 e. The first-order valence-corrected chi connectivity index (χ1v) is 10.1. The summed E-state index contributed by atoms with van der Waals surface area (Å²) < 4.78 is 13.7. The van der Waals surface area contributed by atoms with Crippen molar-refractivity contribution in [3.8, 4) is 0 Å². The van der Waals surface area contributed by atoms with Gasteiger partial charge in [-0.05, 0) is 43.7 Å². The van der Waals surface area contributed by atoms with Gasteiger partial charge < -0.3 is 20.9 Å². The van der Waals surface area contributed by atoms with Crippen LogP contribution >= 0.6 is 0 Å². The van der Waals surface area contributed by atoms with E-state index >= 15 is 0 Å². The number of piperazine rings is 1. The van der Waals surface area contributed by atoms with Crippen LogP contribution in [0.15, 0.2) is 18.2 Å². The molecule has 2 aromatic rings. The van der Waals surface area contributed by atoms with E-state index in [0.717, 1.165) is 6.54 Å². The lowest BCUT2D eigenvalue weighted by Gasteiger charge is -2.26. The van der Waals surface area contributed by atoms with E-state index in [2.05, 4.69) is 20.9 Å². The van der Waals surface area contributed by atoms with Crippen molar-refractivity contribution in [2.24, 2.45) is 0 Å². The van der Waals surface area contributed by atoms with Crippen LogP contribution in [0.2, 0.25) is 0 Å². The Morgan fingerprint density at radius 3 is 2.87 bits per heavy atom. The molecule has 3 amide bonds. The fourth-order valence-corrected chi connectivity index (χ4v) is 4.01. The number of aromatic amines is 1. The molecule has 0 atom stereocenters. The molecule has 1 saturated heterocycles. The molecule has 4 rings (SSSR count). The highest BCUT2D eigenvalue weighted by Crippen LogP contribution is 2.34. The van der Waals surface area contributed by atoms with E-state index in [4.69, 9.17) is 0 Å². The quantitative estimate of drug-likeness (QED) is 0.544. The lowest BCUT2D eigenvalue weighted by molar-refractivity contribution is -0.124. The van der Waals surface area contributed by atoms with E-state index in [-0.39, 0.29) is 17.7 Å². The van der Waals surface area contributed by atoms with E-state index in [9.17, 15) is 18.8 Å². The van der Waals surface area contributed by atoms with Crippen molar-refractivity contribution in [2.45, 2.75) is 13.8 Å². The van der Waals surface area contributed by atoms with Gasteiger partial charge in [-0.3, -0.25) is 19.3 Å². The number of carbonyl (C=O) groups excluding carboxylic acids is 3. The number of aromatic nitrogens is 1. The van der Waals surface area contributed by atoms with Crippen molar-refractivity contribution in [3.05, 3.63) is 52.1 Å². The molecule has 1 aromatic heterocycles. The summed E-state index contributed by atoms with van der Waals surface area (Å²) in [5.74, 6) is -0.972. The van der Waals surface area contributed by atoms with Gasteiger partial charge in [0.25, 0.3) is 11.8 Å². The first-order chi connectivity index (χ1) is 14.8. The van der Waals surface area contributed by atoms with Gasteiger partial charge in [-0.2, -0.15) is 0 Å². The zero-order valence-electron chi connectivity index (χ0n) is 17.4. The maximum atomic E-state index is 13.7. The number of benzene rings is 1. The molecule has 0 unspecified atom stereocenters. The summed E-state index contributed by atoms with van der Waals surface area (Å²) in [7, 11) is 0. The van der Waals surface area contributed by atoms with E-state index in [0.29, 0.717) is 65.5 Å². The lowest BCUT2D eigenvalue weighted by atomic mass is 10.0. The van der Waals surface area contributed by atoms with Crippen molar-refractivity contribution < 1.29 is 18.8 Å². The molecular weight excluding hydrogens is 401 g/mol. The van der Waals surface area contributed by atoms with Crippen molar-refractivity contribution in [1.29, 1.82) is 0 Å². The number of H-pyrrole nitrogens is 1. The summed E-state index contributed by atoms with van der Waals surface area (Å²) in [6.07, 6.45) is 1.64. The van der Waals surface area contributed by atoms with Gasteiger partial charge in [0.2, 0.25) is 5.91 Å². The van der Waals surface area contributed by atoms with Crippen LogP contribution in [0, 0.1) is 19.7 Å². The van der Waals surface area contributed by atoms with Gasteiger partial charge in [-0.25, -0.2) is 4.39 Å². The number of aryl methyl sites for hydroxylation is 1. The number of fused-ring (bicyclic) bond motifs is 1. The second-order valence-electron chi connectivity index (χ2n) is 7.75. The van der Waals surface area contributed by atoms with Crippen LogP contribution < -0.4 is 16.0 Å². The number of hydrogen-bond donors (Lipinski definition) is 4. The van der Waals surface area contributed by atoms with Crippen LogP contribution in [0.4, 0.5) is 10.1 Å². The van der Waals surface area contributed by atoms with Crippen LogP contribution in [0.25, 0.3) is 11.6 Å². The molecule has 9 heteroatoms. The maximum absolute atomic E-state index is 13.7. The molecule has 3 heterocycles. The van der Waals surface area contributed by atoms with Gasteiger partial charge in [0.1, 0.15) is 5.82 Å². The fraction of sp³-hybridized carbons (Fsp3) is 0.318. The molecule has 2 aliphatic heterocycles. The number of amides is 3. The van der Waals surface area contributed by atoms with Gasteiger partial charge in [0.15, 0.2) is 0 Å². The summed E-state index contributed by atoms with van der Waals surface area (Å²) in [6, 6.07) is 4.14. The van der Waals surface area contributed by atoms with Gasteiger partial charge in [0.05, 0.1) is 17.7 Å². The molecule has 162 valence electrons. The number of hydrogen-bond acceptors (Lipinski definition) is 4. The molecule has 0 bridgehead atoms. The second-order valence-corrected chi connectivity index (χ2v) is 7.75. The molecule has 1 fully saturated rings. The number of nitrogens with zero attached hydrogens (tertiary/aromatic N) is 1. The first kappa shape index (κ1) is 20.8. The molecule has 0 radical (unpaired) electrons. The number of halogens is 1. The van der Waals surface area contributed by atoms with Gasteiger partial charge in [0, 0.05) is 48.8 Å². The summed E-state index contributed by atoms with van der Waals surface area (Å²) in [5, 5.41) is 8.39. The lowest BCUT2D eigenvalue weighted by Crippen LogP contribution is -2.49. The predicted molar refractivity (Wildman–Crippen MR) is 115 cm³/mol. The molecule has 0 aliphatic carbocycles. The largest absolute Gasteiger partial charge is 0.358 e. The number of nitrogens with one attached hydrogen (secondary N) is 4. The molecular formula is C22H24FN5O3. The summed E-state index contributed by atoms with van der Waals surface area (Å²) in [4.78, 5) is 41.7. The van der Waals surface area contributed by atoms with Crippen molar-refractivity contribution in [2.75, 3.05) is 38.0 Å². The van der Waals surface area contributed by atoms with Gasteiger partial charge >= 0.3 is 0 Å². The Morgan fingerprint density at radius 2 is 2.10 bits per heavy atom. The van der Waals surface area contributed by atoms with E-state index < -0.39 is 5.82 Å². The van der Waals surface area contributed by atoms with Crippen molar-refractivity contribution >= 4 is 35.1 Å². The van der Waals surface area contributed by atoms with Crippen molar-refractivity contribution in [1.82, 2.24) is 20.5 Å². The number of rotatable bonds is 5. The zero-order valence-corrected chi connectivity index (χ0v) is 17.4. The molecule has 31 heavy (non-hydrogen) atoms. The highest BCUT2D eigenvalue weighted by Gasteiger charge is 2.26. The highest BCUT2D eigenvalue weighted by molar-refractivity contribution is 6.34. The monoisotopic (exact) mass is 425 g/mol. The first-order valence-electron chi connectivity index (χ1n) is 10.1. The Labute approximate surface area is 178 Å². The minimum absolute atomic E-state index is 0.00927. The van der Waals surface area contributed by atoms with E-state index in [1.54, 1.807) is 19.9 Å². The van der Waals surface area contributed by atoms with Crippen LogP contribution in [0.3, 0.4) is 0 Å². The Kier molecular flexibility index (Phi) is 5.60. The Morgan fingerprint density at radius 1 is 1.29 bits per heavy atom. The fourth-order valence-electron chi connectivity index (χ4n) is 4.01. The SMILES string of the molecule is Cc1[nH]c(C=C2C(=O)Nc3ccc(F)cc32)c(C)c1C(=O)NCCN1CCNC(=O)C1. The predicted octanol–water partition coefficient (Wildman–Crippen LogP) is 1.42. The minimum Gasteiger partial charge on any atom is -0.358 e. The average Bonchev–Trinajstić information content (AvgIpc) is 3.17. The minimum atomic E-state index is -0.424. The molecule has 4 N–H and O–H groups in total. The highest BCUT2D eigenvalue weighted by atomic mass is 19.1. The van der Waals surface area contributed by atoms with E-state index in [1.165, 1.54) is 18.2 Å². The Bertz CT molecular complexity index is 1100. The van der Waals surface area contributed by atoms with Crippen LogP contribution in [0.1, 0.15) is 32.9 Å². The van der Waals surface area contributed by atoms with Crippen LogP contribution in [-0.4, -0.2) is 60.3 Å². The number of carbonyl (C=O) groups is 3. The second kappa shape index (κ2) is 8.35. The summed E-state index contributed by atoms with van der Waals surface area (Å²) >= 11 is 0. The smallest absolute Gasteiger partial charge is 0.256 e. The van der Waals surface area contributed by atoms with Crippen LogP contribution in [-0.2, 0) is 9.59 Å².